The van der Waals surface area contributed by atoms with E-state index in [0.717, 1.165) is 19.2 Å². The number of nitrogens with zero attached hydrogens (tertiary/aromatic N) is 1. The Bertz CT molecular complexity index is 437. The first kappa shape index (κ1) is 13.5. The molecule has 0 aliphatic carbocycles. The molecule has 1 heterocycles. The number of hydrogen-bond donors (Lipinski definition) is 0. The van der Waals surface area contributed by atoms with E-state index in [2.05, 4.69) is 32.6 Å². The lowest BCUT2D eigenvalue weighted by atomic mass is 9.90. The molecule has 1 aliphatic heterocycles. The van der Waals surface area contributed by atoms with Crippen molar-refractivity contribution >= 4 is 0 Å². The largest absolute Gasteiger partial charge is 0.298 e. The molecule has 2 rings (SSSR count). The van der Waals surface area contributed by atoms with Crippen LogP contribution in [-0.4, -0.2) is 23.5 Å². The molecule has 1 unspecified atom stereocenters. The summed E-state index contributed by atoms with van der Waals surface area (Å²) in [5.41, 5.74) is 0.745. The highest BCUT2D eigenvalue weighted by atomic mass is 19.1. The van der Waals surface area contributed by atoms with Gasteiger partial charge in [0.05, 0.1) is 0 Å². The zero-order valence-corrected chi connectivity index (χ0v) is 11.5. The summed E-state index contributed by atoms with van der Waals surface area (Å²) in [7, 11) is 0. The van der Waals surface area contributed by atoms with Gasteiger partial charge in [0.15, 0.2) is 0 Å². The van der Waals surface area contributed by atoms with Gasteiger partial charge in [0.1, 0.15) is 11.6 Å². The Morgan fingerprint density at radius 3 is 2.33 bits per heavy atom. The molecular weight excluding hydrogens is 232 g/mol. The van der Waals surface area contributed by atoms with Crippen LogP contribution in [0.4, 0.5) is 8.78 Å². The van der Waals surface area contributed by atoms with Crippen LogP contribution in [0.2, 0.25) is 0 Å². The molecule has 1 aromatic rings. The molecule has 0 radical (unpaired) electrons. The standard InChI is InChI=1S/C15H21F2N/c1-10-8-18(15(2,3)4)9-13(10)12-6-5-11(16)7-14(12)17/h5-7,10,13H,8-9H2,1-4H3/t10-,13?/m1/s1. The molecule has 0 amide bonds. The molecule has 0 bridgehead atoms. The van der Waals surface area contributed by atoms with Gasteiger partial charge in [-0.2, -0.15) is 0 Å². The molecule has 1 aromatic carbocycles. The fourth-order valence-electron chi connectivity index (χ4n) is 2.72. The molecule has 3 heteroatoms. The van der Waals surface area contributed by atoms with Crippen LogP contribution in [0.5, 0.6) is 0 Å². The second kappa shape index (κ2) is 4.61. The molecule has 18 heavy (non-hydrogen) atoms. The Balaban J connectivity index is 2.24. The Hall–Kier alpha value is -0.960. The summed E-state index contributed by atoms with van der Waals surface area (Å²) in [6, 6.07) is 3.94. The molecule has 0 aromatic heterocycles. The van der Waals surface area contributed by atoms with Crippen LogP contribution < -0.4 is 0 Å². The van der Waals surface area contributed by atoms with Crippen LogP contribution in [0, 0.1) is 17.6 Å². The summed E-state index contributed by atoms with van der Waals surface area (Å²) in [6.45, 7) is 10.5. The highest BCUT2D eigenvalue weighted by molar-refractivity contribution is 5.25. The quantitative estimate of drug-likeness (QED) is 0.736. The number of halogens is 2. The van der Waals surface area contributed by atoms with Crippen LogP contribution in [-0.2, 0) is 0 Å². The predicted octanol–water partition coefficient (Wildman–Crippen LogP) is 3.80. The molecule has 0 saturated carbocycles. The van der Waals surface area contributed by atoms with E-state index in [-0.39, 0.29) is 11.5 Å². The van der Waals surface area contributed by atoms with Gasteiger partial charge in [0.25, 0.3) is 0 Å². The second-order valence-electron chi connectivity index (χ2n) is 6.33. The minimum absolute atomic E-state index is 0.0967. The van der Waals surface area contributed by atoms with Gasteiger partial charge in [0.2, 0.25) is 0 Å². The summed E-state index contributed by atoms with van der Waals surface area (Å²) in [5.74, 6) is -0.369. The highest BCUT2D eigenvalue weighted by Crippen LogP contribution is 2.36. The van der Waals surface area contributed by atoms with E-state index in [1.165, 1.54) is 6.07 Å². The van der Waals surface area contributed by atoms with Crippen molar-refractivity contribution in [3.8, 4) is 0 Å². The molecule has 0 N–H and O–H groups in total. The maximum atomic E-state index is 13.8. The normalized spacial score (nSPS) is 25.7. The van der Waals surface area contributed by atoms with E-state index in [4.69, 9.17) is 0 Å². The number of likely N-dealkylation sites (tertiary alicyclic amines) is 1. The van der Waals surface area contributed by atoms with Crippen molar-refractivity contribution in [3.63, 3.8) is 0 Å². The van der Waals surface area contributed by atoms with Crippen molar-refractivity contribution in [3.05, 3.63) is 35.4 Å². The van der Waals surface area contributed by atoms with Gasteiger partial charge in [-0.3, -0.25) is 4.90 Å². The van der Waals surface area contributed by atoms with Crippen molar-refractivity contribution in [2.75, 3.05) is 13.1 Å². The lowest BCUT2D eigenvalue weighted by molar-refractivity contribution is 0.168. The van der Waals surface area contributed by atoms with E-state index in [9.17, 15) is 8.78 Å². The topological polar surface area (TPSA) is 3.24 Å². The van der Waals surface area contributed by atoms with E-state index in [1.54, 1.807) is 6.07 Å². The molecule has 0 spiro atoms. The first-order valence-corrected chi connectivity index (χ1v) is 6.49. The second-order valence-corrected chi connectivity index (χ2v) is 6.33. The Morgan fingerprint density at radius 1 is 1.17 bits per heavy atom. The van der Waals surface area contributed by atoms with E-state index in [1.807, 2.05) is 0 Å². The van der Waals surface area contributed by atoms with Crippen molar-refractivity contribution in [2.45, 2.75) is 39.2 Å². The average Bonchev–Trinajstić information content (AvgIpc) is 2.60. The van der Waals surface area contributed by atoms with Gasteiger partial charge in [-0.15, -0.1) is 0 Å². The first-order chi connectivity index (χ1) is 8.29. The van der Waals surface area contributed by atoms with Gasteiger partial charge in [-0.05, 0) is 38.3 Å². The Kier molecular flexibility index (Phi) is 3.45. The lowest BCUT2D eigenvalue weighted by Crippen LogP contribution is -2.39. The first-order valence-electron chi connectivity index (χ1n) is 6.49. The maximum absolute atomic E-state index is 13.8. The zero-order chi connectivity index (χ0) is 13.5. The van der Waals surface area contributed by atoms with Gasteiger partial charge >= 0.3 is 0 Å². The van der Waals surface area contributed by atoms with Crippen LogP contribution in [0.25, 0.3) is 0 Å². The minimum Gasteiger partial charge on any atom is -0.298 e. The maximum Gasteiger partial charge on any atom is 0.129 e. The van der Waals surface area contributed by atoms with Gasteiger partial charge in [0, 0.05) is 30.6 Å². The van der Waals surface area contributed by atoms with Crippen LogP contribution in [0.3, 0.4) is 0 Å². The van der Waals surface area contributed by atoms with Gasteiger partial charge in [-0.25, -0.2) is 8.78 Å². The van der Waals surface area contributed by atoms with E-state index < -0.39 is 11.6 Å². The highest BCUT2D eigenvalue weighted by Gasteiger charge is 2.36. The van der Waals surface area contributed by atoms with Crippen molar-refractivity contribution < 1.29 is 8.78 Å². The molecular formula is C15H21F2N. The zero-order valence-electron chi connectivity index (χ0n) is 11.5. The molecule has 1 aliphatic rings. The molecule has 1 fully saturated rings. The fraction of sp³-hybridized carbons (Fsp3) is 0.600. The molecule has 1 nitrogen and oxygen atoms in total. The molecule has 2 atom stereocenters. The number of benzene rings is 1. The molecule has 1 saturated heterocycles. The Labute approximate surface area is 108 Å². The van der Waals surface area contributed by atoms with Gasteiger partial charge in [-0.1, -0.05) is 13.0 Å². The van der Waals surface area contributed by atoms with Crippen molar-refractivity contribution in [1.82, 2.24) is 4.90 Å². The van der Waals surface area contributed by atoms with Crippen molar-refractivity contribution in [1.29, 1.82) is 0 Å². The summed E-state index contributed by atoms with van der Waals surface area (Å²) in [5, 5.41) is 0. The summed E-state index contributed by atoms with van der Waals surface area (Å²) in [6.07, 6.45) is 0. The van der Waals surface area contributed by atoms with Crippen LogP contribution in [0.15, 0.2) is 18.2 Å². The third-order valence-electron chi connectivity index (χ3n) is 3.92. The lowest BCUT2D eigenvalue weighted by Gasteiger charge is -2.31. The molecule has 100 valence electrons. The Morgan fingerprint density at radius 2 is 1.83 bits per heavy atom. The monoisotopic (exact) mass is 253 g/mol. The van der Waals surface area contributed by atoms with Crippen LogP contribution >= 0.6 is 0 Å². The fourth-order valence-corrected chi connectivity index (χ4v) is 2.72. The average molecular weight is 253 g/mol. The predicted molar refractivity (Wildman–Crippen MR) is 69.6 cm³/mol. The van der Waals surface area contributed by atoms with E-state index in [0.29, 0.717) is 11.5 Å². The summed E-state index contributed by atoms with van der Waals surface area (Å²) < 4.78 is 26.8. The third kappa shape index (κ3) is 2.56. The summed E-state index contributed by atoms with van der Waals surface area (Å²) >= 11 is 0. The van der Waals surface area contributed by atoms with Crippen molar-refractivity contribution in [2.24, 2.45) is 5.92 Å². The minimum atomic E-state index is -0.505. The third-order valence-corrected chi connectivity index (χ3v) is 3.92. The van der Waals surface area contributed by atoms with Gasteiger partial charge < -0.3 is 0 Å². The number of hydrogen-bond acceptors (Lipinski definition) is 1. The summed E-state index contributed by atoms with van der Waals surface area (Å²) in [4.78, 5) is 2.37. The number of rotatable bonds is 1. The van der Waals surface area contributed by atoms with Crippen LogP contribution in [0.1, 0.15) is 39.2 Å². The SMILES string of the molecule is C[C@@H]1CN(C(C)(C)C)CC1c1ccc(F)cc1F. The smallest absolute Gasteiger partial charge is 0.129 e. The van der Waals surface area contributed by atoms with E-state index >= 15 is 0 Å².